The van der Waals surface area contributed by atoms with Crippen LogP contribution in [0.3, 0.4) is 0 Å². The first-order chi connectivity index (χ1) is 10.2. The normalized spacial score (nSPS) is 12.0. The van der Waals surface area contributed by atoms with Crippen LogP contribution in [0, 0.1) is 0 Å². The molecule has 0 unspecified atom stereocenters. The molecule has 0 aromatic heterocycles. The fourth-order valence-corrected chi connectivity index (χ4v) is 5.77. The van der Waals surface area contributed by atoms with Gasteiger partial charge < -0.3 is 4.74 Å². The van der Waals surface area contributed by atoms with Crippen LogP contribution in [-0.4, -0.2) is 23.7 Å². The van der Waals surface area contributed by atoms with Crippen LogP contribution in [0.2, 0.25) is 6.04 Å². The van der Waals surface area contributed by atoms with E-state index in [4.69, 9.17) is 4.74 Å². The highest BCUT2D eigenvalue weighted by Crippen LogP contribution is 2.13. The average Bonchev–Trinajstić information content (AvgIpc) is 2.44. The molecule has 0 aromatic carbocycles. The molecular weight excluding hydrogens is 506 g/mol. The summed E-state index contributed by atoms with van der Waals surface area (Å²) in [5.74, 6) is -0.211. The summed E-state index contributed by atoms with van der Waals surface area (Å²) in [5.41, 5.74) is 0. The lowest BCUT2D eigenvalue weighted by Crippen LogP contribution is -2.01. The molecule has 0 heterocycles. The SMILES string of the molecule is CC=CC(=O)OCCCCCCCCCCC[SiH2]C(I)I. The molecule has 124 valence electrons. The van der Waals surface area contributed by atoms with Crippen LogP contribution in [0.4, 0.5) is 0 Å². The fourth-order valence-electron chi connectivity index (χ4n) is 2.17. The standard InChI is InChI=1S/C16H30I2O2Si/c1-2-12-15(19)20-13-10-8-6-4-3-5-7-9-11-14-21-16(17)18/h2,12,16H,3-11,13-14,21H2,1H3. The third-order valence-electron chi connectivity index (χ3n) is 3.36. The first-order valence-corrected chi connectivity index (χ1v) is 12.5. The maximum Gasteiger partial charge on any atom is 0.330 e. The molecule has 21 heavy (non-hydrogen) atoms. The van der Waals surface area contributed by atoms with Crippen LogP contribution in [-0.2, 0) is 9.53 Å². The Morgan fingerprint density at radius 1 is 1.00 bits per heavy atom. The molecule has 0 spiro atoms. The first-order valence-electron chi connectivity index (χ1n) is 8.24. The van der Waals surface area contributed by atoms with Crippen LogP contribution in [0.25, 0.3) is 0 Å². The number of carbonyl (C=O) groups is 1. The van der Waals surface area contributed by atoms with Crippen LogP contribution in [0.15, 0.2) is 12.2 Å². The molecule has 0 saturated heterocycles. The lowest BCUT2D eigenvalue weighted by molar-refractivity contribution is -0.137. The van der Waals surface area contributed by atoms with Gasteiger partial charge in [0.15, 0.2) is 0 Å². The van der Waals surface area contributed by atoms with Gasteiger partial charge in [0, 0.05) is 17.2 Å². The van der Waals surface area contributed by atoms with E-state index in [1.807, 2.05) is 6.92 Å². The summed E-state index contributed by atoms with van der Waals surface area (Å²) in [6, 6.07) is 1.53. The molecule has 0 aliphatic carbocycles. The highest BCUT2D eigenvalue weighted by atomic mass is 127. The summed E-state index contributed by atoms with van der Waals surface area (Å²) >= 11 is 5.12. The van der Waals surface area contributed by atoms with Gasteiger partial charge >= 0.3 is 5.97 Å². The Kier molecular flexibility index (Phi) is 18.0. The molecule has 0 aromatic rings. The van der Waals surface area contributed by atoms with Crippen molar-refractivity contribution >= 4 is 60.7 Å². The number of ether oxygens (including phenoxy) is 1. The maximum absolute atomic E-state index is 11.1. The Morgan fingerprint density at radius 2 is 1.52 bits per heavy atom. The van der Waals surface area contributed by atoms with Gasteiger partial charge in [0.2, 0.25) is 0 Å². The molecule has 0 fully saturated rings. The van der Waals surface area contributed by atoms with E-state index in [0.29, 0.717) is 6.61 Å². The second-order valence-corrected chi connectivity index (χ2v) is 16.2. The molecule has 5 heteroatoms. The number of halogens is 2. The number of carbonyl (C=O) groups excluding carboxylic acids is 1. The van der Waals surface area contributed by atoms with Gasteiger partial charge in [-0.1, -0.05) is 109 Å². The number of hydrogen-bond donors (Lipinski definition) is 0. The molecule has 2 nitrogen and oxygen atoms in total. The maximum atomic E-state index is 11.1. The molecule has 0 radical (unpaired) electrons. The molecule has 0 rings (SSSR count). The van der Waals surface area contributed by atoms with Crippen LogP contribution < -0.4 is 0 Å². The average molecular weight is 536 g/mol. The molecule has 0 aliphatic rings. The number of esters is 1. The van der Waals surface area contributed by atoms with Gasteiger partial charge in [0.05, 0.1) is 6.61 Å². The summed E-state index contributed by atoms with van der Waals surface area (Å²) in [6.07, 6.45) is 15.1. The molecule has 0 N–H and O–H groups in total. The number of rotatable bonds is 14. The van der Waals surface area contributed by atoms with Crippen molar-refractivity contribution in [3.8, 4) is 0 Å². The first kappa shape index (κ1) is 21.9. The fraction of sp³-hybridized carbons (Fsp3) is 0.812. The quantitative estimate of drug-likeness (QED) is 0.0747. The smallest absolute Gasteiger partial charge is 0.330 e. The van der Waals surface area contributed by atoms with Gasteiger partial charge in [-0.15, -0.1) is 0 Å². The van der Waals surface area contributed by atoms with Crippen molar-refractivity contribution in [1.82, 2.24) is 0 Å². The van der Waals surface area contributed by atoms with E-state index in [0.717, 1.165) is 7.98 Å². The van der Waals surface area contributed by atoms with Gasteiger partial charge in [-0.3, -0.25) is 0 Å². The number of hydrogen-bond acceptors (Lipinski definition) is 2. The summed E-state index contributed by atoms with van der Waals surface area (Å²) in [4.78, 5) is 11.1. The number of unbranched alkanes of at least 4 members (excludes halogenated alkanes) is 8. The highest BCUT2D eigenvalue weighted by molar-refractivity contribution is 14.2. The van der Waals surface area contributed by atoms with Crippen molar-refractivity contribution in [1.29, 1.82) is 0 Å². The zero-order chi connectivity index (χ0) is 15.8. The van der Waals surface area contributed by atoms with Crippen molar-refractivity contribution in [2.75, 3.05) is 6.61 Å². The monoisotopic (exact) mass is 536 g/mol. The van der Waals surface area contributed by atoms with E-state index in [9.17, 15) is 4.79 Å². The van der Waals surface area contributed by atoms with Crippen LogP contribution in [0.5, 0.6) is 0 Å². The Labute approximate surface area is 160 Å². The summed E-state index contributed by atoms with van der Waals surface area (Å²) in [5, 5.41) is 0. The predicted molar refractivity (Wildman–Crippen MR) is 113 cm³/mol. The number of alkyl halides is 2. The van der Waals surface area contributed by atoms with Crippen molar-refractivity contribution in [2.24, 2.45) is 0 Å². The minimum absolute atomic E-state index is 0.211. The molecule has 0 bridgehead atoms. The summed E-state index contributed by atoms with van der Waals surface area (Å²) in [7, 11) is 0.214. The largest absolute Gasteiger partial charge is 0.463 e. The minimum Gasteiger partial charge on any atom is -0.463 e. The van der Waals surface area contributed by atoms with Crippen molar-refractivity contribution in [2.45, 2.75) is 72.3 Å². The third-order valence-corrected chi connectivity index (χ3v) is 8.45. The highest BCUT2D eigenvalue weighted by Gasteiger charge is 1.98. The van der Waals surface area contributed by atoms with Crippen molar-refractivity contribution in [3.63, 3.8) is 0 Å². The molecular formula is C16H30I2O2Si. The zero-order valence-electron chi connectivity index (χ0n) is 13.3. The Hall–Kier alpha value is 0.887. The van der Waals surface area contributed by atoms with Crippen LogP contribution in [0.1, 0.15) is 64.7 Å². The van der Waals surface area contributed by atoms with E-state index in [-0.39, 0.29) is 15.5 Å². The summed E-state index contributed by atoms with van der Waals surface area (Å²) < 4.78 is 6.00. The summed E-state index contributed by atoms with van der Waals surface area (Å²) in [6.45, 7) is 2.40. The second kappa shape index (κ2) is 17.2. The second-order valence-electron chi connectivity index (χ2n) is 5.38. The van der Waals surface area contributed by atoms with Crippen molar-refractivity contribution < 1.29 is 9.53 Å². The Bertz CT molecular complexity index is 271. The third kappa shape index (κ3) is 18.8. The lowest BCUT2D eigenvalue weighted by atomic mass is 10.1. The van der Waals surface area contributed by atoms with Gasteiger partial charge in [-0.05, 0) is 13.3 Å². The van der Waals surface area contributed by atoms with E-state index in [2.05, 4.69) is 45.2 Å². The predicted octanol–water partition coefficient (Wildman–Crippen LogP) is 5.36. The number of allylic oxidation sites excluding steroid dienone is 1. The Morgan fingerprint density at radius 3 is 2.05 bits per heavy atom. The van der Waals surface area contributed by atoms with Gasteiger partial charge in [-0.25, -0.2) is 4.79 Å². The molecule has 0 aliphatic heterocycles. The molecule has 0 saturated carbocycles. The van der Waals surface area contributed by atoms with Crippen molar-refractivity contribution in [3.05, 3.63) is 12.2 Å². The minimum atomic E-state index is -0.211. The zero-order valence-corrected chi connectivity index (χ0v) is 19.0. The lowest BCUT2D eigenvalue weighted by Gasteiger charge is -2.04. The van der Waals surface area contributed by atoms with E-state index >= 15 is 0 Å². The van der Waals surface area contributed by atoms with Gasteiger partial charge in [0.25, 0.3) is 0 Å². The molecule has 0 amide bonds. The van der Waals surface area contributed by atoms with Gasteiger partial charge in [-0.2, -0.15) is 0 Å². The van der Waals surface area contributed by atoms with E-state index < -0.39 is 0 Å². The van der Waals surface area contributed by atoms with Crippen LogP contribution >= 0.6 is 45.2 Å². The topological polar surface area (TPSA) is 26.3 Å². The molecule has 0 atom stereocenters. The van der Waals surface area contributed by atoms with Gasteiger partial charge in [0.1, 0.15) is 0 Å². The Balaban J connectivity index is 3.07. The van der Waals surface area contributed by atoms with E-state index in [1.54, 1.807) is 6.08 Å². The van der Waals surface area contributed by atoms with E-state index in [1.165, 1.54) is 63.5 Å².